The van der Waals surface area contributed by atoms with Gasteiger partial charge in [-0.15, -0.1) is 0 Å². The van der Waals surface area contributed by atoms with Crippen molar-refractivity contribution in [2.45, 2.75) is 19.8 Å². The van der Waals surface area contributed by atoms with E-state index in [1.165, 1.54) is 12.8 Å². The molecule has 0 aliphatic heterocycles. The molecule has 0 heteroatoms. The summed E-state index contributed by atoms with van der Waals surface area (Å²) in [7, 11) is 0. The van der Waals surface area contributed by atoms with Gasteiger partial charge in [0, 0.05) is 0 Å². The fourth-order valence-electron chi connectivity index (χ4n) is 3.60. The highest BCUT2D eigenvalue weighted by molar-refractivity contribution is 5.18. The summed E-state index contributed by atoms with van der Waals surface area (Å²) < 4.78 is 0. The lowest BCUT2D eigenvalue weighted by Crippen LogP contribution is -2.17. The molecule has 2 saturated carbocycles. The summed E-state index contributed by atoms with van der Waals surface area (Å²) in [6.07, 6.45) is 10.4. The molecule has 0 heterocycles. The number of hydrogen-bond acceptors (Lipinski definition) is 0. The first-order chi connectivity index (χ1) is 5.36. The molecule has 2 fully saturated rings. The van der Waals surface area contributed by atoms with Crippen molar-refractivity contribution in [2.24, 2.45) is 29.6 Å². The monoisotopic (exact) mass is 147 g/mol. The van der Waals surface area contributed by atoms with E-state index < -0.39 is 0 Å². The summed E-state index contributed by atoms with van der Waals surface area (Å²) in [5.41, 5.74) is 0. The van der Waals surface area contributed by atoms with Crippen LogP contribution in [0.3, 0.4) is 0 Å². The van der Waals surface area contributed by atoms with E-state index in [9.17, 15) is 0 Å². The minimum Gasteiger partial charge on any atom is -0.0848 e. The third-order valence-electron chi connectivity index (χ3n) is 4.08. The van der Waals surface area contributed by atoms with Crippen molar-refractivity contribution < 1.29 is 0 Å². The second-order valence-electron chi connectivity index (χ2n) is 4.52. The van der Waals surface area contributed by atoms with Crippen molar-refractivity contribution >= 4 is 0 Å². The van der Waals surface area contributed by atoms with E-state index in [1.807, 2.05) is 0 Å². The Morgan fingerprint density at radius 1 is 1.18 bits per heavy atom. The summed E-state index contributed by atoms with van der Waals surface area (Å²) in [6, 6.07) is 0. The highest BCUT2D eigenvalue weighted by atomic mass is 14.5. The van der Waals surface area contributed by atoms with Crippen molar-refractivity contribution in [3.8, 4) is 0 Å². The van der Waals surface area contributed by atoms with Crippen LogP contribution in [0, 0.1) is 36.0 Å². The van der Waals surface area contributed by atoms with Gasteiger partial charge in [0.25, 0.3) is 0 Å². The van der Waals surface area contributed by atoms with Gasteiger partial charge in [-0.2, -0.15) is 0 Å². The van der Waals surface area contributed by atoms with Crippen LogP contribution in [0.4, 0.5) is 0 Å². The van der Waals surface area contributed by atoms with Gasteiger partial charge in [-0.3, -0.25) is 0 Å². The Labute approximate surface area is 68.7 Å². The molecule has 0 nitrogen and oxygen atoms in total. The van der Waals surface area contributed by atoms with E-state index in [0.29, 0.717) is 0 Å². The second-order valence-corrected chi connectivity index (χ2v) is 4.52. The van der Waals surface area contributed by atoms with Crippen LogP contribution >= 0.6 is 0 Å². The van der Waals surface area contributed by atoms with E-state index in [-0.39, 0.29) is 0 Å². The molecule has 5 atom stereocenters. The van der Waals surface area contributed by atoms with Gasteiger partial charge in [0.05, 0.1) is 0 Å². The normalized spacial score (nSPS) is 58.8. The molecule has 59 valence electrons. The van der Waals surface area contributed by atoms with Gasteiger partial charge in [0.15, 0.2) is 0 Å². The molecule has 0 saturated heterocycles. The molecular formula is C11H15. The topological polar surface area (TPSA) is 0 Å². The molecule has 0 N–H and O–H groups in total. The van der Waals surface area contributed by atoms with Gasteiger partial charge in [0.1, 0.15) is 0 Å². The Balaban J connectivity index is 1.97. The van der Waals surface area contributed by atoms with E-state index >= 15 is 0 Å². The second kappa shape index (κ2) is 1.91. The van der Waals surface area contributed by atoms with Gasteiger partial charge in [-0.25, -0.2) is 0 Å². The number of rotatable bonds is 0. The zero-order chi connectivity index (χ0) is 7.42. The fraction of sp³-hybridized carbons (Fsp3) is 0.727. The molecular weight excluding hydrogens is 132 g/mol. The smallest absolute Gasteiger partial charge is 0.0194 e. The van der Waals surface area contributed by atoms with Gasteiger partial charge < -0.3 is 0 Å². The molecule has 5 unspecified atom stereocenters. The third-order valence-corrected chi connectivity index (χ3v) is 4.08. The Hall–Kier alpha value is -0.260. The van der Waals surface area contributed by atoms with Crippen LogP contribution in [0.25, 0.3) is 0 Å². The zero-order valence-electron chi connectivity index (χ0n) is 7.03. The maximum Gasteiger partial charge on any atom is -0.0194 e. The van der Waals surface area contributed by atoms with Crippen LogP contribution in [0.2, 0.25) is 0 Å². The average Bonchev–Trinajstić information content (AvgIpc) is 2.60. The molecule has 11 heavy (non-hydrogen) atoms. The van der Waals surface area contributed by atoms with Crippen molar-refractivity contribution in [1.82, 2.24) is 0 Å². The van der Waals surface area contributed by atoms with E-state index in [0.717, 1.165) is 29.6 Å². The predicted molar refractivity (Wildman–Crippen MR) is 45.8 cm³/mol. The number of fused-ring (bicyclic) bond motifs is 5. The van der Waals surface area contributed by atoms with Crippen molar-refractivity contribution in [2.75, 3.05) is 0 Å². The maximum atomic E-state index is 2.54. The van der Waals surface area contributed by atoms with Crippen molar-refractivity contribution in [3.63, 3.8) is 0 Å². The van der Waals surface area contributed by atoms with Crippen molar-refractivity contribution in [1.29, 1.82) is 0 Å². The predicted octanol–water partition coefficient (Wildman–Crippen LogP) is 2.67. The summed E-state index contributed by atoms with van der Waals surface area (Å²) >= 11 is 0. The number of hydrogen-bond donors (Lipinski definition) is 0. The fourth-order valence-corrected chi connectivity index (χ4v) is 3.60. The molecule has 0 spiro atoms. The third kappa shape index (κ3) is 0.660. The zero-order valence-corrected chi connectivity index (χ0v) is 7.03. The maximum absolute atomic E-state index is 2.54. The molecule has 3 aliphatic rings. The number of allylic oxidation sites excluding steroid dienone is 2. The van der Waals surface area contributed by atoms with E-state index in [4.69, 9.17) is 0 Å². The Morgan fingerprint density at radius 2 is 2.00 bits per heavy atom. The van der Waals surface area contributed by atoms with Gasteiger partial charge in [-0.1, -0.05) is 19.1 Å². The van der Waals surface area contributed by atoms with Crippen LogP contribution < -0.4 is 0 Å². The Kier molecular flexibility index (Phi) is 1.09. The molecule has 0 amide bonds. The van der Waals surface area contributed by atoms with Crippen LogP contribution in [-0.2, 0) is 0 Å². The average molecular weight is 147 g/mol. The lowest BCUT2D eigenvalue weighted by molar-refractivity contribution is 0.311. The molecule has 3 rings (SSSR count). The summed E-state index contributed by atoms with van der Waals surface area (Å²) in [5, 5.41) is 0. The first-order valence-corrected chi connectivity index (χ1v) is 4.88. The van der Waals surface area contributed by atoms with Gasteiger partial charge in [-0.05, 0) is 48.9 Å². The van der Waals surface area contributed by atoms with E-state index in [1.54, 1.807) is 0 Å². The van der Waals surface area contributed by atoms with Crippen molar-refractivity contribution in [3.05, 3.63) is 18.6 Å². The van der Waals surface area contributed by atoms with E-state index in [2.05, 4.69) is 25.5 Å². The molecule has 1 radical (unpaired) electrons. The SMILES string of the molecule is CC1[CH]CC2C3C=CC(C3)C12. The minimum absolute atomic E-state index is 0.903. The molecule has 0 aromatic carbocycles. The van der Waals surface area contributed by atoms with Crippen LogP contribution in [0.15, 0.2) is 12.2 Å². The highest BCUT2D eigenvalue weighted by Crippen LogP contribution is 2.57. The van der Waals surface area contributed by atoms with Gasteiger partial charge >= 0.3 is 0 Å². The molecule has 2 bridgehead atoms. The van der Waals surface area contributed by atoms with Crippen LogP contribution in [-0.4, -0.2) is 0 Å². The quantitative estimate of drug-likeness (QED) is 0.462. The lowest BCUT2D eigenvalue weighted by atomic mass is 9.82. The van der Waals surface area contributed by atoms with Crippen LogP contribution in [0.1, 0.15) is 19.8 Å². The lowest BCUT2D eigenvalue weighted by Gasteiger charge is -2.23. The van der Waals surface area contributed by atoms with Crippen LogP contribution in [0.5, 0.6) is 0 Å². The van der Waals surface area contributed by atoms with Gasteiger partial charge in [0.2, 0.25) is 0 Å². The highest BCUT2D eigenvalue weighted by Gasteiger charge is 2.49. The summed E-state index contributed by atoms with van der Waals surface area (Å²) in [6.45, 7) is 2.40. The Morgan fingerprint density at radius 3 is 2.82 bits per heavy atom. The summed E-state index contributed by atoms with van der Waals surface area (Å²) in [4.78, 5) is 0. The largest absolute Gasteiger partial charge is 0.0848 e. The first-order valence-electron chi connectivity index (χ1n) is 4.88. The molecule has 0 aromatic heterocycles. The standard InChI is InChI=1S/C11H15/c1-7-2-5-10-8-3-4-9(6-8)11(7)10/h2-4,7-11H,5-6H2,1H3. The minimum atomic E-state index is 0.903. The molecule has 3 aliphatic carbocycles. The summed E-state index contributed by atoms with van der Waals surface area (Å²) in [5.74, 6) is 4.90. The first kappa shape index (κ1) is 6.28. The Bertz CT molecular complexity index is 204. The molecule has 0 aromatic rings.